The van der Waals surface area contributed by atoms with Gasteiger partial charge in [-0.3, -0.25) is 0 Å². The fraction of sp³-hybridized carbons (Fsp3) is 0.300. The molecule has 4 aromatic rings. The van der Waals surface area contributed by atoms with E-state index >= 15 is 0 Å². The van der Waals surface area contributed by atoms with Crippen LogP contribution in [-0.4, -0.2) is 27.1 Å². The van der Waals surface area contributed by atoms with Crippen LogP contribution in [0.25, 0.3) is 16.7 Å². The van der Waals surface area contributed by atoms with Gasteiger partial charge in [0.25, 0.3) is 0 Å². The third kappa shape index (κ3) is 5.68. The van der Waals surface area contributed by atoms with Gasteiger partial charge in [-0.05, 0) is 61.1 Å². The Morgan fingerprint density at radius 2 is 1.69 bits per heavy atom. The third-order valence-corrected chi connectivity index (χ3v) is 6.09. The molecule has 0 saturated carbocycles. The maximum atomic E-state index is 12.3. The number of aryl methyl sites for hydroxylation is 3. The summed E-state index contributed by atoms with van der Waals surface area (Å²) in [5.41, 5.74) is 8.06. The summed E-state index contributed by atoms with van der Waals surface area (Å²) in [5.74, 6) is 0.747. The summed E-state index contributed by atoms with van der Waals surface area (Å²) >= 11 is 0. The number of nitrogens with zero attached hydrogens (tertiary/aromatic N) is 3. The lowest BCUT2D eigenvalue weighted by Gasteiger charge is -2.12. The molecule has 0 saturated heterocycles. The van der Waals surface area contributed by atoms with Gasteiger partial charge in [0.15, 0.2) is 5.65 Å². The van der Waals surface area contributed by atoms with Crippen LogP contribution in [0.1, 0.15) is 60.5 Å². The molecule has 2 aromatic heterocycles. The predicted octanol–water partition coefficient (Wildman–Crippen LogP) is 6.43. The van der Waals surface area contributed by atoms with E-state index in [0.29, 0.717) is 13.2 Å². The summed E-state index contributed by atoms with van der Waals surface area (Å²) in [6.45, 7) is 9.21. The largest absolute Gasteiger partial charge is 0.463 e. The van der Waals surface area contributed by atoms with Crippen molar-refractivity contribution in [2.75, 3.05) is 6.61 Å². The lowest BCUT2D eigenvalue weighted by molar-refractivity contribution is -0.137. The van der Waals surface area contributed by atoms with Crippen LogP contribution >= 0.6 is 0 Å². The van der Waals surface area contributed by atoms with Crippen molar-refractivity contribution in [2.45, 2.75) is 53.5 Å². The monoisotopic (exact) mass is 467 g/mol. The highest BCUT2D eigenvalue weighted by Crippen LogP contribution is 2.26. The second-order valence-corrected chi connectivity index (χ2v) is 8.84. The average Bonchev–Trinajstić information content (AvgIpc) is 3.20. The zero-order chi connectivity index (χ0) is 24.8. The quantitative estimate of drug-likeness (QED) is 0.210. The molecule has 0 radical (unpaired) electrons. The molecular weight excluding hydrogens is 434 g/mol. The number of carbonyl (C=O) groups excluding carboxylic acids is 1. The van der Waals surface area contributed by atoms with Gasteiger partial charge in [-0.1, -0.05) is 67.9 Å². The first-order valence-corrected chi connectivity index (χ1v) is 12.4. The lowest BCUT2D eigenvalue weighted by Crippen LogP contribution is -2.07. The third-order valence-electron chi connectivity index (χ3n) is 6.09. The zero-order valence-electron chi connectivity index (χ0n) is 21.0. The van der Waals surface area contributed by atoms with Crippen LogP contribution in [-0.2, 0) is 22.5 Å². The highest BCUT2D eigenvalue weighted by atomic mass is 16.5. The molecule has 0 N–H and O–H groups in total. The maximum absolute atomic E-state index is 12.3. The van der Waals surface area contributed by atoms with Crippen molar-refractivity contribution < 1.29 is 9.53 Å². The van der Waals surface area contributed by atoms with Gasteiger partial charge in [0, 0.05) is 18.2 Å². The van der Waals surface area contributed by atoms with Crippen molar-refractivity contribution in [1.82, 2.24) is 14.5 Å². The van der Waals surface area contributed by atoms with Crippen molar-refractivity contribution in [1.29, 1.82) is 0 Å². The molecule has 180 valence electrons. The highest BCUT2D eigenvalue weighted by Gasteiger charge is 2.15. The SMILES string of the molecule is CCCCc1nc2c(C)cc(C)nc2n1Cc1ccc(C(=CC(=O)OCC)c2ccccc2)cc1. The fourth-order valence-electron chi connectivity index (χ4n) is 4.37. The fourth-order valence-corrected chi connectivity index (χ4v) is 4.37. The van der Waals surface area contributed by atoms with Gasteiger partial charge in [0.2, 0.25) is 0 Å². The Morgan fingerprint density at radius 3 is 2.37 bits per heavy atom. The van der Waals surface area contributed by atoms with Crippen LogP contribution in [0.3, 0.4) is 0 Å². The van der Waals surface area contributed by atoms with Gasteiger partial charge in [-0.2, -0.15) is 0 Å². The summed E-state index contributed by atoms with van der Waals surface area (Å²) in [6, 6.07) is 20.4. The standard InChI is InChI=1S/C30H33N3O2/c1-5-7-13-27-32-29-21(3)18-22(4)31-30(29)33(27)20-23-14-16-25(17-15-23)26(19-28(34)35-6-2)24-11-9-8-10-12-24/h8-12,14-19H,5-7,13,20H2,1-4H3. The molecule has 0 fully saturated rings. The number of pyridine rings is 1. The maximum Gasteiger partial charge on any atom is 0.331 e. The van der Waals surface area contributed by atoms with Crippen LogP contribution in [0.5, 0.6) is 0 Å². The number of benzene rings is 2. The highest BCUT2D eigenvalue weighted by molar-refractivity contribution is 5.96. The van der Waals surface area contributed by atoms with Gasteiger partial charge in [0.1, 0.15) is 11.3 Å². The van der Waals surface area contributed by atoms with E-state index in [-0.39, 0.29) is 5.97 Å². The first-order chi connectivity index (χ1) is 17.0. The molecular formula is C30H33N3O2. The van der Waals surface area contributed by atoms with E-state index in [9.17, 15) is 4.79 Å². The first-order valence-electron chi connectivity index (χ1n) is 12.4. The number of imidazole rings is 1. The summed E-state index contributed by atoms with van der Waals surface area (Å²) in [4.78, 5) is 22.1. The Hall–Kier alpha value is -3.73. The number of aromatic nitrogens is 3. The van der Waals surface area contributed by atoms with Crippen molar-refractivity contribution in [3.05, 3.63) is 101 Å². The Morgan fingerprint density at radius 1 is 0.971 bits per heavy atom. The number of fused-ring (bicyclic) bond motifs is 1. The molecule has 2 heterocycles. The molecule has 5 heteroatoms. The molecule has 0 amide bonds. The smallest absolute Gasteiger partial charge is 0.331 e. The van der Waals surface area contributed by atoms with Crippen LogP contribution < -0.4 is 0 Å². The van der Waals surface area contributed by atoms with E-state index in [1.54, 1.807) is 6.08 Å². The first kappa shape index (κ1) is 24.4. The van der Waals surface area contributed by atoms with Gasteiger partial charge >= 0.3 is 5.97 Å². The van der Waals surface area contributed by atoms with Crippen molar-refractivity contribution in [3.63, 3.8) is 0 Å². The molecule has 0 unspecified atom stereocenters. The van der Waals surface area contributed by atoms with Crippen LogP contribution in [0.4, 0.5) is 0 Å². The summed E-state index contributed by atoms with van der Waals surface area (Å²) in [6.07, 6.45) is 4.73. The molecule has 35 heavy (non-hydrogen) atoms. The van der Waals surface area contributed by atoms with Gasteiger partial charge in [-0.15, -0.1) is 0 Å². The van der Waals surface area contributed by atoms with Gasteiger partial charge < -0.3 is 9.30 Å². The number of esters is 1. The van der Waals surface area contributed by atoms with Crippen molar-refractivity contribution in [3.8, 4) is 0 Å². The van der Waals surface area contributed by atoms with E-state index in [0.717, 1.165) is 69.8 Å². The molecule has 0 spiro atoms. The second-order valence-electron chi connectivity index (χ2n) is 8.84. The summed E-state index contributed by atoms with van der Waals surface area (Å²) in [5, 5.41) is 0. The average molecular weight is 468 g/mol. The number of rotatable bonds is 9. The minimum absolute atomic E-state index is 0.335. The Bertz CT molecular complexity index is 1340. The number of hydrogen-bond donors (Lipinski definition) is 0. The van der Waals surface area contributed by atoms with Crippen LogP contribution in [0, 0.1) is 13.8 Å². The van der Waals surface area contributed by atoms with Crippen LogP contribution in [0.2, 0.25) is 0 Å². The lowest BCUT2D eigenvalue weighted by atomic mass is 9.96. The number of carbonyl (C=O) groups is 1. The Labute approximate surface area is 207 Å². The van der Waals surface area contributed by atoms with E-state index in [1.807, 2.05) is 44.2 Å². The van der Waals surface area contributed by atoms with E-state index in [4.69, 9.17) is 14.7 Å². The number of ether oxygens (including phenoxy) is 1. The second kappa shape index (κ2) is 11.1. The molecule has 0 aliphatic rings. The van der Waals surface area contributed by atoms with Gasteiger partial charge in [0.05, 0.1) is 13.2 Å². The molecule has 4 rings (SSSR count). The molecule has 0 bridgehead atoms. The number of hydrogen-bond acceptors (Lipinski definition) is 4. The Balaban J connectivity index is 1.69. The Kier molecular flexibility index (Phi) is 7.76. The molecule has 2 aromatic carbocycles. The topological polar surface area (TPSA) is 57.0 Å². The summed E-state index contributed by atoms with van der Waals surface area (Å²) in [7, 11) is 0. The molecule has 5 nitrogen and oxygen atoms in total. The number of unbranched alkanes of at least 4 members (excludes halogenated alkanes) is 1. The minimum atomic E-state index is -0.335. The van der Waals surface area contributed by atoms with Crippen molar-refractivity contribution in [2.24, 2.45) is 0 Å². The van der Waals surface area contributed by atoms with Crippen molar-refractivity contribution >= 4 is 22.7 Å². The van der Waals surface area contributed by atoms with E-state index in [2.05, 4.69) is 48.7 Å². The molecule has 0 aliphatic carbocycles. The van der Waals surface area contributed by atoms with Crippen LogP contribution in [0.15, 0.2) is 66.7 Å². The molecule has 0 aliphatic heterocycles. The van der Waals surface area contributed by atoms with Gasteiger partial charge in [-0.25, -0.2) is 14.8 Å². The predicted molar refractivity (Wildman–Crippen MR) is 141 cm³/mol. The van der Waals surface area contributed by atoms with E-state index < -0.39 is 0 Å². The summed E-state index contributed by atoms with van der Waals surface area (Å²) < 4.78 is 7.44. The van der Waals surface area contributed by atoms with E-state index in [1.165, 1.54) is 0 Å². The zero-order valence-corrected chi connectivity index (χ0v) is 21.0. The minimum Gasteiger partial charge on any atom is -0.463 e. The normalized spacial score (nSPS) is 11.7. The molecule has 0 atom stereocenters.